The molecule has 2 heterocycles. The Morgan fingerprint density at radius 1 is 1.05 bits per heavy atom. The molecule has 2 aliphatic rings. The van der Waals surface area contributed by atoms with Crippen molar-refractivity contribution in [3.05, 3.63) is 36.1 Å². The molecule has 1 aliphatic carbocycles. The Hall–Kier alpha value is -1.32. The molecule has 1 N–H and O–H groups in total. The molecule has 1 saturated heterocycles. The topological polar surface area (TPSA) is 36.6 Å². The highest BCUT2D eigenvalue weighted by molar-refractivity contribution is 5.77. The van der Waals surface area contributed by atoms with E-state index in [4.69, 9.17) is 4.42 Å². The summed E-state index contributed by atoms with van der Waals surface area (Å²) in [6, 6.07) is 10.0. The van der Waals surface area contributed by atoms with Crippen LogP contribution in [-0.2, 0) is 0 Å². The summed E-state index contributed by atoms with van der Waals surface area (Å²) >= 11 is 0. The summed E-state index contributed by atoms with van der Waals surface area (Å²) in [4.78, 5) is 2.53. The molecule has 4 rings (SSSR count). The molecule has 2 aromatic rings. The Morgan fingerprint density at radius 3 is 2.48 bits per heavy atom. The predicted octanol–water partition coefficient (Wildman–Crippen LogP) is 3.87. The molecule has 0 radical (unpaired) electrons. The second-order valence-electron chi connectivity index (χ2n) is 6.59. The van der Waals surface area contributed by atoms with Gasteiger partial charge in [-0.15, -0.1) is 0 Å². The largest absolute Gasteiger partial charge is 0.458 e. The van der Waals surface area contributed by atoms with Crippen LogP contribution in [0.5, 0.6) is 0 Å². The van der Waals surface area contributed by atoms with E-state index in [0.29, 0.717) is 0 Å². The van der Waals surface area contributed by atoms with Gasteiger partial charge in [0.25, 0.3) is 0 Å². The molecule has 0 spiro atoms. The maximum atomic E-state index is 11.1. The van der Waals surface area contributed by atoms with E-state index in [-0.39, 0.29) is 5.54 Å². The second kappa shape index (κ2) is 5.15. The number of nitrogens with zero attached hydrogens (tertiary/aromatic N) is 1. The fourth-order valence-electron chi connectivity index (χ4n) is 4.31. The van der Waals surface area contributed by atoms with Crippen molar-refractivity contribution >= 4 is 11.0 Å². The van der Waals surface area contributed by atoms with E-state index < -0.39 is 6.10 Å². The molecule has 21 heavy (non-hydrogen) atoms. The van der Waals surface area contributed by atoms with Crippen LogP contribution in [0.15, 0.2) is 34.7 Å². The van der Waals surface area contributed by atoms with Crippen molar-refractivity contribution in [1.82, 2.24) is 4.90 Å². The lowest BCUT2D eigenvalue weighted by Gasteiger charge is -2.41. The summed E-state index contributed by atoms with van der Waals surface area (Å²) in [5.74, 6) is 0.741. The Labute approximate surface area is 125 Å². The number of aliphatic hydroxyl groups excluding tert-OH is 1. The number of hydrogen-bond acceptors (Lipinski definition) is 3. The number of likely N-dealkylation sites (tertiary alicyclic amines) is 1. The molecule has 1 unspecified atom stereocenters. The minimum Gasteiger partial charge on any atom is -0.458 e. The summed E-state index contributed by atoms with van der Waals surface area (Å²) < 4.78 is 5.95. The van der Waals surface area contributed by atoms with E-state index in [1.807, 2.05) is 30.3 Å². The zero-order chi connectivity index (χ0) is 14.3. The minimum absolute atomic E-state index is 0.0929. The van der Waals surface area contributed by atoms with Crippen LogP contribution < -0.4 is 0 Å². The van der Waals surface area contributed by atoms with Gasteiger partial charge in [0, 0.05) is 5.39 Å². The maximum absolute atomic E-state index is 11.1. The van der Waals surface area contributed by atoms with E-state index in [0.717, 1.165) is 42.7 Å². The van der Waals surface area contributed by atoms with Gasteiger partial charge in [-0.1, -0.05) is 31.0 Å². The first-order chi connectivity index (χ1) is 10.3. The monoisotopic (exact) mass is 285 g/mol. The van der Waals surface area contributed by atoms with Gasteiger partial charge in [0.05, 0.1) is 5.54 Å². The molecule has 2 fully saturated rings. The highest BCUT2D eigenvalue weighted by atomic mass is 16.4. The third-order valence-corrected chi connectivity index (χ3v) is 5.43. The third-order valence-electron chi connectivity index (χ3n) is 5.43. The fourth-order valence-corrected chi connectivity index (χ4v) is 4.31. The fraction of sp³-hybridized carbons (Fsp3) is 0.556. The molecule has 1 aromatic heterocycles. The Balaban J connectivity index is 1.71. The Kier molecular flexibility index (Phi) is 3.27. The maximum Gasteiger partial charge on any atom is 0.135 e. The first-order valence-electron chi connectivity index (χ1n) is 8.21. The molecule has 3 nitrogen and oxygen atoms in total. The van der Waals surface area contributed by atoms with Crippen LogP contribution in [0.3, 0.4) is 0 Å². The smallest absolute Gasteiger partial charge is 0.135 e. The SMILES string of the molecule is OC(c1cc2ccccc2o1)C1(N2CCCC2)CCCC1. The summed E-state index contributed by atoms with van der Waals surface area (Å²) in [5.41, 5.74) is 0.783. The molecule has 0 bridgehead atoms. The van der Waals surface area contributed by atoms with E-state index >= 15 is 0 Å². The first-order valence-corrected chi connectivity index (χ1v) is 8.21. The molecule has 0 amide bonds. The molecule has 1 aromatic carbocycles. The summed E-state index contributed by atoms with van der Waals surface area (Å²) in [5, 5.41) is 12.2. The van der Waals surface area contributed by atoms with Crippen molar-refractivity contribution in [2.45, 2.75) is 50.2 Å². The van der Waals surface area contributed by atoms with Crippen LogP contribution in [0.4, 0.5) is 0 Å². The molecule has 1 aliphatic heterocycles. The average molecular weight is 285 g/mol. The number of hydrogen-bond donors (Lipinski definition) is 1. The standard InChI is InChI=1S/C18H23NO2/c20-17(16-13-14-7-1-2-8-15(14)21-16)18(9-3-4-10-18)19-11-5-6-12-19/h1-2,7-8,13,17,20H,3-6,9-12H2. The lowest BCUT2D eigenvalue weighted by Crippen LogP contribution is -2.49. The van der Waals surface area contributed by atoms with Crippen LogP contribution in [0.25, 0.3) is 11.0 Å². The van der Waals surface area contributed by atoms with Crippen molar-refractivity contribution in [3.63, 3.8) is 0 Å². The lowest BCUT2D eigenvalue weighted by atomic mass is 9.87. The second-order valence-corrected chi connectivity index (χ2v) is 6.59. The van der Waals surface area contributed by atoms with Gasteiger partial charge in [0.15, 0.2) is 0 Å². The van der Waals surface area contributed by atoms with Crippen molar-refractivity contribution in [2.75, 3.05) is 13.1 Å². The van der Waals surface area contributed by atoms with Crippen LogP contribution in [-0.4, -0.2) is 28.6 Å². The van der Waals surface area contributed by atoms with Crippen LogP contribution >= 0.6 is 0 Å². The summed E-state index contributed by atoms with van der Waals surface area (Å²) in [7, 11) is 0. The summed E-state index contributed by atoms with van der Waals surface area (Å²) in [6.45, 7) is 2.24. The van der Waals surface area contributed by atoms with E-state index in [1.54, 1.807) is 0 Å². The van der Waals surface area contributed by atoms with Gasteiger partial charge in [0.2, 0.25) is 0 Å². The van der Waals surface area contributed by atoms with Crippen molar-refractivity contribution < 1.29 is 9.52 Å². The number of rotatable bonds is 3. The van der Waals surface area contributed by atoms with Crippen LogP contribution in [0.2, 0.25) is 0 Å². The number of furan rings is 1. The number of fused-ring (bicyclic) bond motifs is 1. The third kappa shape index (κ3) is 2.11. The van der Waals surface area contributed by atoms with Crippen LogP contribution in [0, 0.1) is 0 Å². The van der Waals surface area contributed by atoms with Gasteiger partial charge in [-0.3, -0.25) is 4.90 Å². The van der Waals surface area contributed by atoms with Crippen molar-refractivity contribution in [3.8, 4) is 0 Å². The minimum atomic E-state index is -0.509. The number of benzene rings is 1. The van der Waals surface area contributed by atoms with E-state index in [9.17, 15) is 5.11 Å². The highest BCUT2D eigenvalue weighted by Gasteiger charge is 2.47. The highest BCUT2D eigenvalue weighted by Crippen LogP contribution is 2.46. The van der Waals surface area contributed by atoms with Crippen molar-refractivity contribution in [1.29, 1.82) is 0 Å². The Bertz CT molecular complexity index is 588. The quantitative estimate of drug-likeness (QED) is 0.930. The first kappa shape index (κ1) is 13.4. The zero-order valence-corrected chi connectivity index (χ0v) is 12.4. The Morgan fingerprint density at radius 2 is 1.76 bits per heavy atom. The lowest BCUT2D eigenvalue weighted by molar-refractivity contribution is -0.0299. The normalized spacial score (nSPS) is 23.9. The zero-order valence-electron chi connectivity index (χ0n) is 12.4. The molecule has 112 valence electrons. The van der Waals surface area contributed by atoms with E-state index in [2.05, 4.69) is 4.90 Å². The molecule has 1 saturated carbocycles. The number of aliphatic hydroxyl groups is 1. The van der Waals surface area contributed by atoms with Gasteiger partial charge in [-0.2, -0.15) is 0 Å². The molecule has 3 heteroatoms. The van der Waals surface area contributed by atoms with Crippen molar-refractivity contribution in [2.24, 2.45) is 0 Å². The van der Waals surface area contributed by atoms with E-state index in [1.165, 1.54) is 25.7 Å². The van der Waals surface area contributed by atoms with Gasteiger partial charge >= 0.3 is 0 Å². The van der Waals surface area contributed by atoms with Gasteiger partial charge in [0.1, 0.15) is 17.4 Å². The molecular formula is C18H23NO2. The average Bonchev–Trinajstić information content (AvgIpc) is 3.24. The van der Waals surface area contributed by atoms with Gasteiger partial charge < -0.3 is 9.52 Å². The van der Waals surface area contributed by atoms with Gasteiger partial charge in [-0.05, 0) is 50.9 Å². The van der Waals surface area contributed by atoms with Gasteiger partial charge in [-0.25, -0.2) is 0 Å². The summed E-state index contributed by atoms with van der Waals surface area (Å²) in [6.07, 6.45) is 6.62. The predicted molar refractivity (Wildman–Crippen MR) is 83.2 cm³/mol. The molecule has 1 atom stereocenters. The number of para-hydroxylation sites is 1. The molecular weight excluding hydrogens is 262 g/mol. The van der Waals surface area contributed by atoms with Crippen LogP contribution in [0.1, 0.15) is 50.4 Å².